The number of halogens is 4. The second-order valence-electron chi connectivity index (χ2n) is 3.92. The van der Waals surface area contributed by atoms with Crippen molar-refractivity contribution in [3.63, 3.8) is 0 Å². The van der Waals surface area contributed by atoms with Crippen molar-refractivity contribution < 1.29 is 4.57 Å². The molecule has 0 amide bonds. The molecule has 0 N–H and O–H groups in total. The first-order chi connectivity index (χ1) is 7.00. The minimum Gasteiger partial charge on any atom is -0.287 e. The maximum atomic E-state index is 11.8. The standard InChI is InChI=1S/C8H17Cl4NOP2/c1-5-7(3)15(9,10)13-8(4,6-2)16(11,12)14/h7H,5-6H2,1-4H3. The second-order valence-corrected chi connectivity index (χ2v) is 14.9. The maximum Gasteiger partial charge on any atom is 0.279 e. The van der Waals surface area contributed by atoms with Gasteiger partial charge in [0.1, 0.15) is 11.0 Å². The molecule has 0 bridgehead atoms. The first-order valence-electron chi connectivity index (χ1n) is 5.02. The predicted octanol–water partition coefficient (Wildman–Crippen LogP) is 7.09. The van der Waals surface area contributed by atoms with Gasteiger partial charge in [0.05, 0.1) is 0 Å². The van der Waals surface area contributed by atoms with Crippen LogP contribution in [0.4, 0.5) is 0 Å². The van der Waals surface area contributed by atoms with E-state index in [1.165, 1.54) is 0 Å². The van der Waals surface area contributed by atoms with E-state index in [-0.39, 0.29) is 5.66 Å². The summed E-state index contributed by atoms with van der Waals surface area (Å²) in [5, 5.41) is -1.06. The molecule has 2 nitrogen and oxygen atoms in total. The third-order valence-corrected chi connectivity index (χ3v) is 11.2. The third-order valence-electron chi connectivity index (χ3n) is 2.70. The summed E-state index contributed by atoms with van der Waals surface area (Å²) in [4.78, 5) is 0. The van der Waals surface area contributed by atoms with Crippen LogP contribution in [0.25, 0.3) is 0 Å². The lowest BCUT2D eigenvalue weighted by Crippen LogP contribution is -2.16. The molecule has 0 aliphatic carbocycles. The Hall–Kier alpha value is 1.62. The highest BCUT2D eigenvalue weighted by Crippen LogP contribution is 2.75. The van der Waals surface area contributed by atoms with Crippen LogP contribution in [0.1, 0.15) is 40.5 Å². The number of nitrogens with zero attached hydrogens (tertiary/aromatic N) is 1. The van der Waals surface area contributed by atoms with Gasteiger partial charge in [-0.2, -0.15) is 0 Å². The van der Waals surface area contributed by atoms with Crippen LogP contribution in [-0.4, -0.2) is 10.9 Å². The predicted molar refractivity (Wildman–Crippen MR) is 78.8 cm³/mol. The van der Waals surface area contributed by atoms with Crippen molar-refractivity contribution in [1.82, 2.24) is 0 Å². The summed E-state index contributed by atoms with van der Waals surface area (Å²) in [6.07, 6.45) is 1.24. The lowest BCUT2D eigenvalue weighted by Gasteiger charge is -2.29. The molecule has 0 fully saturated rings. The molecule has 98 valence electrons. The minimum atomic E-state index is -3.40. The van der Waals surface area contributed by atoms with Crippen LogP contribution in [-0.2, 0) is 4.57 Å². The van der Waals surface area contributed by atoms with Gasteiger partial charge in [-0.15, -0.1) is 0 Å². The van der Waals surface area contributed by atoms with Crippen LogP contribution in [0.2, 0.25) is 0 Å². The van der Waals surface area contributed by atoms with E-state index in [1.807, 2.05) is 20.8 Å². The zero-order valence-corrected chi connectivity index (χ0v) is 14.6. The van der Waals surface area contributed by atoms with Crippen molar-refractivity contribution in [2.45, 2.75) is 51.5 Å². The second kappa shape index (κ2) is 6.18. The molecule has 2 unspecified atom stereocenters. The highest BCUT2D eigenvalue weighted by atomic mass is 35.9. The molecule has 0 saturated heterocycles. The Bertz CT molecular complexity index is 337. The molecule has 0 rings (SSSR count). The van der Waals surface area contributed by atoms with Crippen LogP contribution in [0, 0.1) is 0 Å². The lowest BCUT2D eigenvalue weighted by molar-refractivity contribution is 0.548. The first kappa shape index (κ1) is 17.6. The van der Waals surface area contributed by atoms with Gasteiger partial charge in [0.15, 0.2) is 0 Å². The molecule has 0 spiro atoms. The Morgan fingerprint density at radius 3 is 1.94 bits per heavy atom. The van der Waals surface area contributed by atoms with E-state index >= 15 is 0 Å². The van der Waals surface area contributed by atoms with E-state index in [0.29, 0.717) is 6.42 Å². The van der Waals surface area contributed by atoms with Crippen molar-refractivity contribution in [3.8, 4) is 0 Å². The molecule has 0 heterocycles. The SMILES string of the molecule is CCC(C)P(Cl)(Cl)=NC(C)(CC)P(=O)(Cl)Cl. The van der Waals surface area contributed by atoms with Gasteiger partial charge in [0, 0.05) is 5.66 Å². The van der Waals surface area contributed by atoms with E-state index in [0.717, 1.165) is 6.42 Å². The fourth-order valence-corrected chi connectivity index (χ4v) is 6.94. The number of rotatable bonds is 5. The van der Waals surface area contributed by atoms with Gasteiger partial charge in [0.2, 0.25) is 0 Å². The van der Waals surface area contributed by atoms with Gasteiger partial charge in [-0.25, -0.2) is 0 Å². The molecule has 0 radical (unpaired) electrons. The van der Waals surface area contributed by atoms with Crippen molar-refractivity contribution >= 4 is 56.6 Å². The Labute approximate surface area is 117 Å². The topological polar surface area (TPSA) is 29.4 Å². The summed E-state index contributed by atoms with van der Waals surface area (Å²) in [5.74, 6) is -5.94. The lowest BCUT2D eigenvalue weighted by atomic mass is 10.3. The molecule has 0 aliphatic heterocycles. The van der Waals surface area contributed by atoms with Crippen molar-refractivity contribution in [2.24, 2.45) is 4.74 Å². The van der Waals surface area contributed by atoms with E-state index < -0.39 is 16.9 Å². The largest absolute Gasteiger partial charge is 0.287 e. The Kier molecular flexibility index (Phi) is 6.80. The zero-order chi connectivity index (χ0) is 13.2. The van der Waals surface area contributed by atoms with Crippen molar-refractivity contribution in [2.75, 3.05) is 0 Å². The van der Waals surface area contributed by atoms with Crippen molar-refractivity contribution in [3.05, 3.63) is 0 Å². The van der Waals surface area contributed by atoms with Crippen molar-refractivity contribution in [1.29, 1.82) is 0 Å². The average molecular weight is 347 g/mol. The quantitative estimate of drug-likeness (QED) is 0.488. The zero-order valence-electron chi connectivity index (χ0n) is 9.75. The summed E-state index contributed by atoms with van der Waals surface area (Å²) < 4.78 is 16.1. The van der Waals surface area contributed by atoms with E-state index in [2.05, 4.69) is 4.74 Å². The molecule has 2 atom stereocenters. The van der Waals surface area contributed by atoms with Gasteiger partial charge in [0.25, 0.3) is 5.85 Å². The van der Waals surface area contributed by atoms with Crippen LogP contribution >= 0.6 is 56.6 Å². The monoisotopic (exact) mass is 345 g/mol. The summed E-state index contributed by atoms with van der Waals surface area (Å²) in [7, 11) is 0. The molecule has 0 aromatic heterocycles. The van der Waals surface area contributed by atoms with Gasteiger partial charge < -0.3 is 0 Å². The minimum absolute atomic E-state index is 0.0431. The molecule has 8 heteroatoms. The Morgan fingerprint density at radius 2 is 1.69 bits per heavy atom. The average Bonchev–Trinajstić information content (AvgIpc) is 2.13. The van der Waals surface area contributed by atoms with Gasteiger partial charge in [-0.1, -0.05) is 43.3 Å². The highest BCUT2D eigenvalue weighted by molar-refractivity contribution is 8.12. The third kappa shape index (κ3) is 4.38. The summed E-state index contributed by atoms with van der Waals surface area (Å²) in [6.45, 7) is 7.34. The fourth-order valence-electron chi connectivity index (χ4n) is 0.912. The molecule has 0 saturated carbocycles. The maximum absolute atomic E-state index is 11.8. The molecule has 0 aliphatic rings. The van der Waals surface area contributed by atoms with Gasteiger partial charge in [-0.05, 0) is 42.2 Å². The van der Waals surface area contributed by atoms with Gasteiger partial charge >= 0.3 is 0 Å². The highest BCUT2D eigenvalue weighted by Gasteiger charge is 2.42. The fraction of sp³-hybridized carbons (Fsp3) is 1.00. The normalized spacial score (nSPS) is 19.0. The summed E-state index contributed by atoms with van der Waals surface area (Å²) in [6, 6.07) is 0. The van der Waals surface area contributed by atoms with E-state index in [9.17, 15) is 4.57 Å². The number of hydrogen-bond acceptors (Lipinski definition) is 2. The Morgan fingerprint density at radius 1 is 1.25 bits per heavy atom. The first-order valence-corrected chi connectivity index (χ1v) is 12.2. The van der Waals surface area contributed by atoms with Crippen LogP contribution in [0.15, 0.2) is 4.74 Å². The molecule has 0 aromatic rings. The van der Waals surface area contributed by atoms with Crippen LogP contribution < -0.4 is 0 Å². The van der Waals surface area contributed by atoms with E-state index in [1.54, 1.807) is 6.92 Å². The molecular formula is C8H17Cl4NOP2. The summed E-state index contributed by atoms with van der Waals surface area (Å²) in [5.41, 5.74) is 0.0431. The van der Waals surface area contributed by atoms with Gasteiger partial charge in [-0.3, -0.25) is 9.31 Å². The molecule has 16 heavy (non-hydrogen) atoms. The molecular weight excluding hydrogens is 330 g/mol. The Balaban J connectivity index is 5.49. The van der Waals surface area contributed by atoms with Crippen LogP contribution in [0.3, 0.4) is 0 Å². The molecule has 0 aromatic carbocycles. The smallest absolute Gasteiger partial charge is 0.279 e. The van der Waals surface area contributed by atoms with Crippen LogP contribution in [0.5, 0.6) is 0 Å². The summed E-state index contributed by atoms with van der Waals surface area (Å²) >= 11 is 23.9. The number of hydrogen-bond donors (Lipinski definition) is 0. The van der Waals surface area contributed by atoms with E-state index in [4.69, 9.17) is 45.0 Å².